The van der Waals surface area contributed by atoms with Crippen LogP contribution in [0.5, 0.6) is 0 Å². The van der Waals surface area contributed by atoms with E-state index in [0.717, 1.165) is 29.7 Å². The second kappa shape index (κ2) is 5.17. The lowest BCUT2D eigenvalue weighted by atomic mass is 10.1. The average Bonchev–Trinajstić information content (AvgIpc) is 2.76. The first-order valence-electron chi connectivity index (χ1n) is 5.13. The van der Waals surface area contributed by atoms with Gasteiger partial charge in [0, 0.05) is 16.0 Å². The summed E-state index contributed by atoms with van der Waals surface area (Å²) in [6, 6.07) is 5.34. The largest absolute Gasteiger partial charge is 0.325 e. The molecule has 0 spiro atoms. The molecule has 5 heteroatoms. The van der Waals surface area contributed by atoms with Gasteiger partial charge in [-0.1, -0.05) is 11.6 Å². The normalized spacial score (nSPS) is 19.8. The van der Waals surface area contributed by atoms with Crippen molar-refractivity contribution in [2.75, 3.05) is 18.4 Å². The zero-order valence-electron chi connectivity index (χ0n) is 8.59. The van der Waals surface area contributed by atoms with E-state index in [4.69, 9.17) is 11.6 Å². The summed E-state index contributed by atoms with van der Waals surface area (Å²) < 4.78 is 0.844. The highest BCUT2D eigenvalue weighted by Gasteiger charge is 2.22. The van der Waals surface area contributed by atoms with Gasteiger partial charge in [-0.15, -0.1) is 0 Å². The van der Waals surface area contributed by atoms with Gasteiger partial charge in [0.05, 0.1) is 11.6 Å². The van der Waals surface area contributed by atoms with E-state index in [9.17, 15) is 4.79 Å². The van der Waals surface area contributed by atoms with Crippen molar-refractivity contribution in [2.45, 2.75) is 6.42 Å². The topological polar surface area (TPSA) is 41.1 Å². The molecule has 2 N–H and O–H groups in total. The van der Waals surface area contributed by atoms with Crippen molar-refractivity contribution >= 4 is 39.1 Å². The van der Waals surface area contributed by atoms with Crippen molar-refractivity contribution in [2.24, 2.45) is 5.92 Å². The van der Waals surface area contributed by atoms with E-state index in [1.54, 1.807) is 12.1 Å². The maximum absolute atomic E-state index is 11.9. The second-order valence-electron chi connectivity index (χ2n) is 3.80. The molecule has 3 nitrogen and oxygen atoms in total. The smallest absolute Gasteiger partial charge is 0.228 e. The first-order valence-corrected chi connectivity index (χ1v) is 6.30. The lowest BCUT2D eigenvalue weighted by Gasteiger charge is -2.11. The third-order valence-electron chi connectivity index (χ3n) is 2.62. The summed E-state index contributed by atoms with van der Waals surface area (Å²) >= 11 is 9.25. The summed E-state index contributed by atoms with van der Waals surface area (Å²) in [6.07, 6.45) is 0.893. The minimum atomic E-state index is 0.0490. The molecule has 86 valence electrons. The molecule has 1 fully saturated rings. The second-order valence-corrected chi connectivity index (χ2v) is 5.09. The number of amides is 1. The average molecular weight is 304 g/mol. The Kier molecular flexibility index (Phi) is 3.84. The highest BCUT2D eigenvalue weighted by atomic mass is 79.9. The van der Waals surface area contributed by atoms with Gasteiger partial charge in [-0.2, -0.15) is 0 Å². The fraction of sp³-hybridized carbons (Fsp3) is 0.364. The Morgan fingerprint density at radius 3 is 3.06 bits per heavy atom. The van der Waals surface area contributed by atoms with E-state index in [2.05, 4.69) is 26.6 Å². The number of rotatable bonds is 2. The molecule has 1 saturated heterocycles. The summed E-state index contributed by atoms with van der Waals surface area (Å²) in [5.74, 6) is 0.110. The first-order chi connectivity index (χ1) is 7.66. The van der Waals surface area contributed by atoms with Crippen LogP contribution in [-0.4, -0.2) is 19.0 Å². The Balaban J connectivity index is 2.07. The minimum absolute atomic E-state index is 0.0490. The van der Waals surface area contributed by atoms with Gasteiger partial charge in [0.25, 0.3) is 0 Å². The number of anilines is 1. The summed E-state index contributed by atoms with van der Waals surface area (Å²) in [6.45, 7) is 1.67. The van der Waals surface area contributed by atoms with Crippen molar-refractivity contribution in [3.05, 3.63) is 27.7 Å². The van der Waals surface area contributed by atoms with Crippen LogP contribution >= 0.6 is 27.5 Å². The summed E-state index contributed by atoms with van der Waals surface area (Å²) in [5, 5.41) is 6.66. The van der Waals surface area contributed by atoms with Crippen LogP contribution in [0.4, 0.5) is 5.69 Å². The molecule has 1 atom stereocenters. The Morgan fingerprint density at radius 1 is 1.56 bits per heavy atom. The molecule has 0 aliphatic carbocycles. The van der Waals surface area contributed by atoms with Gasteiger partial charge < -0.3 is 10.6 Å². The van der Waals surface area contributed by atoms with Crippen molar-refractivity contribution in [3.63, 3.8) is 0 Å². The number of carbonyl (C=O) groups excluding carboxylic acids is 1. The van der Waals surface area contributed by atoms with Crippen molar-refractivity contribution in [1.82, 2.24) is 5.32 Å². The number of nitrogens with one attached hydrogen (secondary N) is 2. The fourth-order valence-electron chi connectivity index (χ4n) is 1.71. The van der Waals surface area contributed by atoms with Crippen molar-refractivity contribution < 1.29 is 4.79 Å². The van der Waals surface area contributed by atoms with Crippen LogP contribution in [0, 0.1) is 5.92 Å². The van der Waals surface area contributed by atoms with E-state index in [0.29, 0.717) is 5.02 Å². The third-order valence-corrected chi connectivity index (χ3v) is 3.54. The van der Waals surface area contributed by atoms with Crippen LogP contribution in [0.3, 0.4) is 0 Å². The lowest BCUT2D eigenvalue weighted by molar-refractivity contribution is -0.119. The maximum atomic E-state index is 11.9. The Morgan fingerprint density at radius 2 is 2.38 bits per heavy atom. The number of hydrogen-bond acceptors (Lipinski definition) is 2. The minimum Gasteiger partial charge on any atom is -0.325 e. The van der Waals surface area contributed by atoms with Gasteiger partial charge >= 0.3 is 0 Å². The lowest BCUT2D eigenvalue weighted by Crippen LogP contribution is -2.24. The van der Waals surface area contributed by atoms with Gasteiger partial charge in [-0.25, -0.2) is 0 Å². The SMILES string of the molecule is O=C(Nc1cc(Cl)ccc1Br)C1CCNC1. The Bertz CT molecular complexity index is 405. The summed E-state index contributed by atoms with van der Waals surface area (Å²) in [5.41, 5.74) is 0.726. The highest BCUT2D eigenvalue weighted by Crippen LogP contribution is 2.26. The number of carbonyl (C=O) groups is 1. The van der Waals surface area contributed by atoms with E-state index in [-0.39, 0.29) is 11.8 Å². The van der Waals surface area contributed by atoms with Gasteiger partial charge in [0.2, 0.25) is 5.91 Å². The molecule has 1 unspecified atom stereocenters. The molecule has 0 radical (unpaired) electrons. The van der Waals surface area contributed by atoms with Crippen molar-refractivity contribution in [3.8, 4) is 0 Å². The molecule has 0 aromatic heterocycles. The molecule has 1 aromatic carbocycles. The van der Waals surface area contributed by atoms with Crippen LogP contribution in [0.1, 0.15) is 6.42 Å². The van der Waals surface area contributed by atoms with Gasteiger partial charge in [0.15, 0.2) is 0 Å². The van der Waals surface area contributed by atoms with Gasteiger partial charge in [-0.3, -0.25) is 4.79 Å². The molecule has 1 heterocycles. The van der Waals surface area contributed by atoms with Gasteiger partial charge in [0.1, 0.15) is 0 Å². The highest BCUT2D eigenvalue weighted by molar-refractivity contribution is 9.10. The van der Waals surface area contributed by atoms with Crippen LogP contribution in [0.2, 0.25) is 5.02 Å². The molecule has 1 amide bonds. The zero-order chi connectivity index (χ0) is 11.5. The Hall–Kier alpha value is -0.580. The molecule has 1 aliphatic rings. The van der Waals surface area contributed by atoms with Crippen molar-refractivity contribution in [1.29, 1.82) is 0 Å². The zero-order valence-corrected chi connectivity index (χ0v) is 10.9. The van der Waals surface area contributed by atoms with Crippen LogP contribution < -0.4 is 10.6 Å². The number of hydrogen-bond donors (Lipinski definition) is 2. The van der Waals surface area contributed by atoms with E-state index in [1.165, 1.54) is 0 Å². The molecule has 16 heavy (non-hydrogen) atoms. The predicted octanol–water partition coefficient (Wildman–Crippen LogP) is 2.65. The Labute approximate surface area is 108 Å². The fourth-order valence-corrected chi connectivity index (χ4v) is 2.22. The monoisotopic (exact) mass is 302 g/mol. The predicted molar refractivity (Wildman–Crippen MR) is 68.8 cm³/mol. The molecule has 1 aromatic rings. The van der Waals surface area contributed by atoms with E-state index >= 15 is 0 Å². The van der Waals surface area contributed by atoms with Gasteiger partial charge in [-0.05, 0) is 47.1 Å². The quantitative estimate of drug-likeness (QED) is 0.882. The molecular formula is C11H12BrClN2O. The van der Waals surface area contributed by atoms with Crippen LogP contribution in [0.25, 0.3) is 0 Å². The standard InChI is InChI=1S/C11H12BrClN2O/c12-9-2-1-8(13)5-10(9)15-11(16)7-3-4-14-6-7/h1-2,5,7,14H,3-4,6H2,(H,15,16). The molecular weight excluding hydrogens is 291 g/mol. The maximum Gasteiger partial charge on any atom is 0.228 e. The van der Waals surface area contributed by atoms with E-state index in [1.807, 2.05) is 6.07 Å². The number of halogens is 2. The number of benzene rings is 1. The molecule has 1 aliphatic heterocycles. The first kappa shape index (κ1) is 11.9. The molecule has 0 bridgehead atoms. The molecule has 0 saturated carbocycles. The van der Waals surface area contributed by atoms with Crippen LogP contribution in [-0.2, 0) is 4.79 Å². The summed E-state index contributed by atoms with van der Waals surface area (Å²) in [4.78, 5) is 11.9. The molecule has 2 rings (SSSR count). The van der Waals surface area contributed by atoms with E-state index < -0.39 is 0 Å². The summed E-state index contributed by atoms with van der Waals surface area (Å²) in [7, 11) is 0. The van der Waals surface area contributed by atoms with Crippen LogP contribution in [0.15, 0.2) is 22.7 Å². The third kappa shape index (κ3) is 2.75.